The van der Waals surface area contributed by atoms with Crippen molar-refractivity contribution in [1.29, 1.82) is 0 Å². The van der Waals surface area contributed by atoms with Crippen LogP contribution in [-0.4, -0.2) is 19.9 Å². The lowest BCUT2D eigenvalue weighted by atomic mass is 10.0. The van der Waals surface area contributed by atoms with E-state index >= 15 is 0 Å². The highest BCUT2D eigenvalue weighted by atomic mass is 31.2. The van der Waals surface area contributed by atoms with Crippen LogP contribution in [0, 0.1) is 0 Å². The Labute approximate surface area is 245 Å². The molecule has 0 amide bonds. The van der Waals surface area contributed by atoms with Gasteiger partial charge in [-0.05, 0) is 70.8 Å². The van der Waals surface area contributed by atoms with Crippen molar-refractivity contribution >= 4 is 36.0 Å². The van der Waals surface area contributed by atoms with E-state index in [0.29, 0.717) is 34.1 Å². The number of hydrogen-bond acceptors (Lipinski definition) is 6. The molecule has 42 heavy (non-hydrogen) atoms. The molecule has 0 atom stereocenters. The van der Waals surface area contributed by atoms with Gasteiger partial charge >= 0.3 is 0 Å². The van der Waals surface area contributed by atoms with E-state index in [4.69, 9.17) is 0 Å². The van der Waals surface area contributed by atoms with E-state index in [-0.39, 0.29) is 0 Å². The molecule has 0 fully saturated rings. The molecule has 4 aromatic heterocycles. The van der Waals surface area contributed by atoms with Crippen LogP contribution in [0.15, 0.2) is 146 Å². The van der Waals surface area contributed by atoms with Gasteiger partial charge in [-0.3, -0.25) is 19.9 Å². The van der Waals surface area contributed by atoms with Crippen LogP contribution in [-0.2, 0) is 21.5 Å². The first kappa shape index (κ1) is 27.7. The van der Waals surface area contributed by atoms with E-state index in [1.807, 2.05) is 121 Å². The maximum Gasteiger partial charge on any atom is 0.182 e. The van der Waals surface area contributed by atoms with Crippen LogP contribution < -0.4 is 21.7 Å². The molecule has 6 nitrogen and oxygen atoms in total. The minimum Gasteiger partial charge on any atom is -0.310 e. The average Bonchev–Trinajstić information content (AvgIpc) is 3.07. The van der Waals surface area contributed by atoms with Crippen LogP contribution >= 0.6 is 14.3 Å². The molecule has 0 aliphatic carbocycles. The number of benzene rings is 2. The maximum absolute atomic E-state index is 14.3. The van der Waals surface area contributed by atoms with Gasteiger partial charge in [-0.15, -0.1) is 0 Å². The summed E-state index contributed by atoms with van der Waals surface area (Å²) in [4.78, 5) is 17.7. The Bertz CT molecular complexity index is 1630. The number of pyridine rings is 4. The SMILES string of the molecule is O=P(Cc1ccc(-c2ccc(CP(=O)(c3ccccn3)c3ccccn3)cc2)cc1)(c1ccccn1)c1ccccn1. The summed E-state index contributed by atoms with van der Waals surface area (Å²) in [5.41, 5.74) is 6.17. The summed E-state index contributed by atoms with van der Waals surface area (Å²) in [6, 6.07) is 38.2. The number of nitrogens with zero attached hydrogens (tertiary/aromatic N) is 4. The molecule has 0 aliphatic heterocycles. The Morgan fingerprint density at radius 2 is 0.667 bits per heavy atom. The minimum absolute atomic E-state index is 0.330. The summed E-state index contributed by atoms with van der Waals surface area (Å²) in [5, 5.41) is 0. The Balaban J connectivity index is 1.24. The molecule has 0 unspecified atom stereocenters. The number of aromatic nitrogens is 4. The topological polar surface area (TPSA) is 85.7 Å². The molecule has 0 N–H and O–H groups in total. The third-order valence-electron chi connectivity index (χ3n) is 7.13. The van der Waals surface area contributed by atoms with Gasteiger partial charge in [0.15, 0.2) is 14.3 Å². The van der Waals surface area contributed by atoms with Crippen molar-refractivity contribution in [1.82, 2.24) is 19.9 Å². The van der Waals surface area contributed by atoms with E-state index in [2.05, 4.69) is 19.9 Å². The highest BCUT2D eigenvalue weighted by molar-refractivity contribution is 7.77. The van der Waals surface area contributed by atoms with Crippen molar-refractivity contribution in [2.45, 2.75) is 12.3 Å². The zero-order valence-electron chi connectivity index (χ0n) is 22.8. The molecule has 0 bridgehead atoms. The third-order valence-corrected chi connectivity index (χ3v) is 12.8. The summed E-state index contributed by atoms with van der Waals surface area (Å²) >= 11 is 0. The highest BCUT2D eigenvalue weighted by Gasteiger charge is 2.31. The number of rotatable bonds is 9. The quantitative estimate of drug-likeness (QED) is 0.194. The third kappa shape index (κ3) is 5.78. The van der Waals surface area contributed by atoms with E-state index < -0.39 is 14.3 Å². The molecule has 206 valence electrons. The predicted molar refractivity (Wildman–Crippen MR) is 170 cm³/mol. The zero-order valence-corrected chi connectivity index (χ0v) is 24.6. The minimum atomic E-state index is -3.07. The lowest BCUT2D eigenvalue weighted by molar-refractivity contribution is 0.584. The molecule has 8 heteroatoms. The van der Waals surface area contributed by atoms with Gasteiger partial charge in [0.25, 0.3) is 0 Å². The van der Waals surface area contributed by atoms with Crippen molar-refractivity contribution in [3.05, 3.63) is 157 Å². The Kier molecular flexibility index (Phi) is 8.01. The molecule has 0 saturated heterocycles. The fourth-order valence-electron chi connectivity index (χ4n) is 4.95. The van der Waals surface area contributed by atoms with Crippen LogP contribution in [0.4, 0.5) is 0 Å². The average molecular weight is 587 g/mol. The molecule has 0 aliphatic rings. The van der Waals surface area contributed by atoms with E-state index in [1.165, 1.54) is 0 Å². The van der Waals surface area contributed by atoms with Gasteiger partial charge in [-0.1, -0.05) is 72.8 Å². The normalized spacial score (nSPS) is 11.7. The lowest BCUT2D eigenvalue weighted by Gasteiger charge is -2.18. The second-order valence-corrected chi connectivity index (χ2v) is 15.4. The van der Waals surface area contributed by atoms with Crippen LogP contribution in [0.5, 0.6) is 0 Å². The van der Waals surface area contributed by atoms with Crippen LogP contribution in [0.1, 0.15) is 11.1 Å². The summed E-state index contributed by atoms with van der Waals surface area (Å²) in [7, 11) is -6.14. The van der Waals surface area contributed by atoms with Crippen molar-refractivity contribution in [2.75, 3.05) is 0 Å². The van der Waals surface area contributed by atoms with Gasteiger partial charge in [0.2, 0.25) is 0 Å². The standard InChI is InChI=1S/C34H28N4O2P2/c39-41(31-9-1-5-21-35-31,32-10-2-6-22-36-32)25-27-13-17-29(18-14-27)30-19-15-28(16-20-30)26-42(40,33-11-3-7-23-37-33)34-12-4-8-24-38-34/h1-24H,25-26H2. The van der Waals surface area contributed by atoms with Crippen LogP contribution in [0.2, 0.25) is 0 Å². The van der Waals surface area contributed by atoms with Gasteiger partial charge in [-0.2, -0.15) is 0 Å². The summed E-state index contributed by atoms with van der Waals surface area (Å²) in [5.74, 6) is 0. The van der Waals surface area contributed by atoms with Gasteiger partial charge in [0.05, 0.1) is 0 Å². The maximum atomic E-state index is 14.3. The first-order valence-corrected chi connectivity index (χ1v) is 17.4. The summed E-state index contributed by atoms with van der Waals surface area (Å²) in [6.07, 6.45) is 7.34. The highest BCUT2D eigenvalue weighted by Crippen LogP contribution is 2.47. The molecule has 0 saturated carbocycles. The zero-order chi connectivity index (χ0) is 28.8. The van der Waals surface area contributed by atoms with Gasteiger partial charge in [0.1, 0.15) is 21.7 Å². The molecular formula is C34H28N4O2P2. The fourth-order valence-corrected chi connectivity index (χ4v) is 9.84. The largest absolute Gasteiger partial charge is 0.310 e. The Morgan fingerprint density at radius 3 is 0.905 bits per heavy atom. The second-order valence-electron chi connectivity index (χ2n) is 9.94. The van der Waals surface area contributed by atoms with Crippen molar-refractivity contribution in [2.24, 2.45) is 0 Å². The molecule has 4 heterocycles. The van der Waals surface area contributed by atoms with Gasteiger partial charge in [-0.25, -0.2) is 0 Å². The van der Waals surface area contributed by atoms with Gasteiger partial charge in [0, 0.05) is 37.1 Å². The first-order valence-electron chi connectivity index (χ1n) is 13.6. The van der Waals surface area contributed by atoms with Crippen LogP contribution in [0.3, 0.4) is 0 Å². The molecular weight excluding hydrogens is 558 g/mol. The van der Waals surface area contributed by atoms with Gasteiger partial charge < -0.3 is 9.13 Å². The molecule has 6 aromatic rings. The molecule has 0 radical (unpaired) electrons. The summed E-state index contributed by atoms with van der Waals surface area (Å²) in [6.45, 7) is 0. The van der Waals surface area contributed by atoms with E-state index in [9.17, 15) is 9.13 Å². The summed E-state index contributed by atoms with van der Waals surface area (Å²) < 4.78 is 28.7. The predicted octanol–water partition coefficient (Wildman–Crippen LogP) is 5.96. The Hall–Kier alpha value is -4.50. The fraction of sp³-hybridized carbons (Fsp3) is 0.0588. The first-order chi connectivity index (χ1) is 20.5. The molecule has 0 spiro atoms. The van der Waals surface area contributed by atoms with Crippen molar-refractivity contribution in [3.8, 4) is 11.1 Å². The smallest absolute Gasteiger partial charge is 0.182 e. The monoisotopic (exact) mass is 586 g/mol. The Morgan fingerprint density at radius 1 is 0.381 bits per heavy atom. The lowest BCUT2D eigenvalue weighted by Crippen LogP contribution is -2.22. The second kappa shape index (κ2) is 12.2. The molecule has 6 rings (SSSR count). The van der Waals surface area contributed by atoms with E-state index in [0.717, 1.165) is 22.3 Å². The van der Waals surface area contributed by atoms with Crippen LogP contribution in [0.25, 0.3) is 11.1 Å². The number of hydrogen-bond donors (Lipinski definition) is 0. The molecule has 2 aromatic carbocycles. The van der Waals surface area contributed by atoms with Crippen molar-refractivity contribution < 1.29 is 9.13 Å². The van der Waals surface area contributed by atoms with Crippen molar-refractivity contribution in [3.63, 3.8) is 0 Å². The van der Waals surface area contributed by atoms with E-state index in [1.54, 1.807) is 24.8 Å².